The minimum Gasteiger partial charge on any atom is -0.321 e. The van der Waals surface area contributed by atoms with Gasteiger partial charge in [-0.1, -0.05) is 26.7 Å². The van der Waals surface area contributed by atoms with Crippen molar-refractivity contribution in [2.75, 3.05) is 0 Å². The third-order valence-electron chi connectivity index (χ3n) is 3.69. The summed E-state index contributed by atoms with van der Waals surface area (Å²) < 4.78 is 2.02. The lowest BCUT2D eigenvalue weighted by Gasteiger charge is -2.36. The zero-order valence-corrected chi connectivity index (χ0v) is 10.4. The van der Waals surface area contributed by atoms with Crippen molar-refractivity contribution in [3.05, 3.63) is 18.0 Å². The number of aryl methyl sites for hydroxylation is 1. The van der Waals surface area contributed by atoms with E-state index >= 15 is 0 Å². The fraction of sp³-hybridized carbons (Fsp3) is 0.769. The van der Waals surface area contributed by atoms with Crippen LogP contribution in [-0.4, -0.2) is 9.78 Å². The van der Waals surface area contributed by atoms with E-state index in [1.165, 1.54) is 18.4 Å². The predicted octanol–water partition coefficient (Wildman–Crippen LogP) is 2.66. The van der Waals surface area contributed by atoms with Crippen LogP contribution >= 0.6 is 0 Å². The minimum atomic E-state index is -0.121. The molecule has 3 nitrogen and oxygen atoms in total. The van der Waals surface area contributed by atoms with Crippen LogP contribution in [0.2, 0.25) is 0 Å². The van der Waals surface area contributed by atoms with Gasteiger partial charge in [-0.3, -0.25) is 4.68 Å². The maximum Gasteiger partial charge on any atom is 0.0540 e. The van der Waals surface area contributed by atoms with Crippen molar-refractivity contribution in [2.45, 2.75) is 58.0 Å². The summed E-state index contributed by atoms with van der Waals surface area (Å²) in [4.78, 5) is 0. The normalized spacial score (nSPS) is 30.6. The Morgan fingerprint density at radius 1 is 1.62 bits per heavy atom. The van der Waals surface area contributed by atoms with Gasteiger partial charge in [-0.25, -0.2) is 0 Å². The molecule has 16 heavy (non-hydrogen) atoms. The third kappa shape index (κ3) is 2.29. The molecule has 0 radical (unpaired) electrons. The van der Waals surface area contributed by atoms with Crippen LogP contribution in [0.3, 0.4) is 0 Å². The van der Waals surface area contributed by atoms with Gasteiger partial charge in [-0.15, -0.1) is 0 Å². The molecule has 2 unspecified atom stereocenters. The fourth-order valence-electron chi connectivity index (χ4n) is 2.83. The number of nitrogens with zero attached hydrogens (tertiary/aromatic N) is 2. The second-order valence-electron chi connectivity index (χ2n) is 5.35. The number of nitrogens with two attached hydrogens (primary N) is 1. The molecule has 1 aromatic rings. The Hall–Kier alpha value is -0.830. The number of hydrogen-bond donors (Lipinski definition) is 1. The van der Waals surface area contributed by atoms with E-state index in [-0.39, 0.29) is 5.54 Å². The summed E-state index contributed by atoms with van der Waals surface area (Å²) in [6, 6.07) is 0. The topological polar surface area (TPSA) is 43.8 Å². The summed E-state index contributed by atoms with van der Waals surface area (Å²) in [5.74, 6) is 0.744. The van der Waals surface area contributed by atoms with Gasteiger partial charge in [-0.2, -0.15) is 5.10 Å². The van der Waals surface area contributed by atoms with Crippen LogP contribution in [0, 0.1) is 5.92 Å². The number of rotatable bonds is 3. The van der Waals surface area contributed by atoms with Crippen molar-refractivity contribution in [3.8, 4) is 0 Å². The van der Waals surface area contributed by atoms with Crippen molar-refractivity contribution in [1.29, 1.82) is 0 Å². The molecule has 0 aromatic carbocycles. The van der Waals surface area contributed by atoms with Crippen molar-refractivity contribution in [2.24, 2.45) is 11.7 Å². The number of aromatic nitrogens is 2. The van der Waals surface area contributed by atoms with Crippen LogP contribution in [0.5, 0.6) is 0 Å². The Bertz CT molecular complexity index is 345. The van der Waals surface area contributed by atoms with E-state index in [0.717, 1.165) is 31.7 Å². The van der Waals surface area contributed by atoms with Gasteiger partial charge in [-0.05, 0) is 25.2 Å². The fourth-order valence-corrected chi connectivity index (χ4v) is 2.83. The highest BCUT2D eigenvalue weighted by atomic mass is 15.3. The van der Waals surface area contributed by atoms with E-state index in [4.69, 9.17) is 5.73 Å². The van der Waals surface area contributed by atoms with Crippen molar-refractivity contribution in [1.82, 2.24) is 9.78 Å². The molecule has 2 rings (SSSR count). The van der Waals surface area contributed by atoms with Gasteiger partial charge in [0.25, 0.3) is 0 Å². The average Bonchev–Trinajstić information content (AvgIpc) is 2.67. The SMILES string of the molecule is CCCn1cc(C2(N)CCCC(C)C2)cn1. The largest absolute Gasteiger partial charge is 0.321 e. The lowest BCUT2D eigenvalue weighted by atomic mass is 9.74. The van der Waals surface area contributed by atoms with Gasteiger partial charge in [0.15, 0.2) is 0 Å². The second-order valence-corrected chi connectivity index (χ2v) is 5.35. The summed E-state index contributed by atoms with van der Waals surface area (Å²) in [6.45, 7) is 5.46. The Morgan fingerprint density at radius 3 is 3.12 bits per heavy atom. The molecule has 0 aliphatic heterocycles. The van der Waals surface area contributed by atoms with E-state index in [2.05, 4.69) is 25.1 Å². The Labute approximate surface area is 98.0 Å². The molecular weight excluding hydrogens is 198 g/mol. The average molecular weight is 221 g/mol. The van der Waals surface area contributed by atoms with E-state index in [0.29, 0.717) is 0 Å². The lowest BCUT2D eigenvalue weighted by Crippen LogP contribution is -2.40. The molecule has 1 aliphatic carbocycles. The molecule has 1 aromatic heterocycles. The first-order valence-electron chi connectivity index (χ1n) is 6.46. The standard InChI is InChI=1S/C13H23N3/c1-3-7-16-10-12(9-15-16)13(14)6-4-5-11(2)8-13/h9-11H,3-8,14H2,1-2H3. The van der Waals surface area contributed by atoms with Crippen LogP contribution in [-0.2, 0) is 12.1 Å². The van der Waals surface area contributed by atoms with Crippen LogP contribution in [0.15, 0.2) is 12.4 Å². The lowest BCUT2D eigenvalue weighted by molar-refractivity contribution is 0.239. The smallest absolute Gasteiger partial charge is 0.0540 e. The molecule has 2 atom stereocenters. The highest BCUT2D eigenvalue weighted by Crippen LogP contribution is 2.37. The molecule has 3 heteroatoms. The van der Waals surface area contributed by atoms with E-state index < -0.39 is 0 Å². The van der Waals surface area contributed by atoms with E-state index in [9.17, 15) is 0 Å². The molecule has 1 heterocycles. The summed E-state index contributed by atoms with van der Waals surface area (Å²) in [5.41, 5.74) is 7.63. The molecule has 2 N–H and O–H groups in total. The summed E-state index contributed by atoms with van der Waals surface area (Å²) in [6.07, 6.45) is 10.0. The first-order valence-corrected chi connectivity index (χ1v) is 6.46. The van der Waals surface area contributed by atoms with Crippen molar-refractivity contribution >= 4 is 0 Å². The summed E-state index contributed by atoms with van der Waals surface area (Å²) >= 11 is 0. The monoisotopic (exact) mass is 221 g/mol. The molecule has 1 fully saturated rings. The highest BCUT2D eigenvalue weighted by Gasteiger charge is 2.33. The Morgan fingerprint density at radius 2 is 2.44 bits per heavy atom. The highest BCUT2D eigenvalue weighted by molar-refractivity contribution is 5.18. The molecule has 90 valence electrons. The zero-order valence-electron chi connectivity index (χ0n) is 10.4. The molecule has 0 amide bonds. The van der Waals surface area contributed by atoms with Crippen LogP contribution < -0.4 is 5.73 Å². The van der Waals surface area contributed by atoms with Crippen molar-refractivity contribution in [3.63, 3.8) is 0 Å². The van der Waals surface area contributed by atoms with Gasteiger partial charge >= 0.3 is 0 Å². The number of hydrogen-bond acceptors (Lipinski definition) is 2. The van der Waals surface area contributed by atoms with Crippen molar-refractivity contribution < 1.29 is 0 Å². The molecule has 0 spiro atoms. The van der Waals surface area contributed by atoms with Crippen LogP contribution in [0.25, 0.3) is 0 Å². The maximum absolute atomic E-state index is 6.53. The van der Waals surface area contributed by atoms with Crippen LogP contribution in [0.4, 0.5) is 0 Å². The van der Waals surface area contributed by atoms with Gasteiger partial charge < -0.3 is 5.73 Å². The molecule has 0 bridgehead atoms. The van der Waals surface area contributed by atoms with E-state index in [1.807, 2.05) is 10.9 Å². The van der Waals surface area contributed by atoms with E-state index in [1.54, 1.807) is 0 Å². The van der Waals surface area contributed by atoms with Gasteiger partial charge in [0.2, 0.25) is 0 Å². The first-order chi connectivity index (χ1) is 7.64. The predicted molar refractivity (Wildman–Crippen MR) is 66.0 cm³/mol. The minimum absolute atomic E-state index is 0.121. The second kappa shape index (κ2) is 4.58. The Kier molecular flexibility index (Phi) is 3.33. The first kappa shape index (κ1) is 11.6. The third-order valence-corrected chi connectivity index (χ3v) is 3.69. The van der Waals surface area contributed by atoms with Gasteiger partial charge in [0.05, 0.1) is 6.20 Å². The quantitative estimate of drug-likeness (QED) is 0.852. The maximum atomic E-state index is 6.53. The molecule has 0 saturated heterocycles. The molecule has 1 saturated carbocycles. The summed E-state index contributed by atoms with van der Waals surface area (Å²) in [7, 11) is 0. The van der Waals surface area contributed by atoms with Gasteiger partial charge in [0, 0.05) is 23.8 Å². The summed E-state index contributed by atoms with van der Waals surface area (Å²) in [5, 5.41) is 4.39. The molecular formula is C13H23N3. The molecule has 1 aliphatic rings. The van der Waals surface area contributed by atoms with Gasteiger partial charge in [0.1, 0.15) is 0 Å². The zero-order chi connectivity index (χ0) is 11.6. The Balaban J connectivity index is 2.14. The van der Waals surface area contributed by atoms with Crippen LogP contribution in [0.1, 0.15) is 51.5 Å².